The number of rotatable bonds is 7. The monoisotopic (exact) mass is 288 g/mol. The molecule has 0 saturated carbocycles. The molecule has 1 aromatic rings. The molecule has 20 heavy (non-hydrogen) atoms. The summed E-state index contributed by atoms with van der Waals surface area (Å²) in [6, 6.07) is 7.81. The second-order valence-electron chi connectivity index (χ2n) is 5.24. The van der Waals surface area contributed by atoms with Crippen LogP contribution >= 0.6 is 0 Å². The van der Waals surface area contributed by atoms with E-state index >= 15 is 0 Å². The predicted molar refractivity (Wildman–Crippen MR) is 75.8 cm³/mol. The first-order valence-corrected chi connectivity index (χ1v) is 6.86. The molecule has 1 N–H and O–H groups in total. The predicted octanol–water partition coefficient (Wildman–Crippen LogP) is 3.39. The molecule has 0 saturated heterocycles. The molecular formula is C15H23F3N2. The minimum Gasteiger partial charge on any atom is -0.316 e. The maximum Gasteiger partial charge on any atom is 0.401 e. The van der Waals surface area contributed by atoms with Gasteiger partial charge in [0.05, 0.1) is 6.54 Å². The van der Waals surface area contributed by atoms with E-state index in [-0.39, 0.29) is 0 Å². The minimum atomic E-state index is -4.14. The summed E-state index contributed by atoms with van der Waals surface area (Å²) in [7, 11) is 1.48. The second-order valence-corrected chi connectivity index (χ2v) is 5.24. The Balaban J connectivity index is 2.54. The number of halogens is 3. The Labute approximate surface area is 119 Å². The first-order valence-electron chi connectivity index (χ1n) is 6.86. The van der Waals surface area contributed by atoms with Gasteiger partial charge in [-0.05, 0) is 30.6 Å². The number of nitrogens with one attached hydrogen (secondary N) is 1. The van der Waals surface area contributed by atoms with Crippen molar-refractivity contribution >= 4 is 0 Å². The van der Waals surface area contributed by atoms with Gasteiger partial charge in [0.1, 0.15) is 0 Å². The maximum absolute atomic E-state index is 12.2. The molecule has 0 bridgehead atoms. The summed E-state index contributed by atoms with van der Waals surface area (Å²) in [5, 5.41) is 3.29. The Kier molecular flexibility index (Phi) is 6.49. The van der Waals surface area contributed by atoms with Gasteiger partial charge in [0.2, 0.25) is 0 Å². The zero-order chi connectivity index (χ0) is 15.2. The molecule has 0 radical (unpaired) electrons. The van der Waals surface area contributed by atoms with Crippen molar-refractivity contribution in [3.63, 3.8) is 0 Å². The Morgan fingerprint density at radius 2 is 1.80 bits per heavy atom. The third-order valence-corrected chi connectivity index (χ3v) is 3.15. The first kappa shape index (κ1) is 17.0. The van der Waals surface area contributed by atoms with Crippen molar-refractivity contribution < 1.29 is 13.2 Å². The molecule has 0 aliphatic carbocycles. The summed E-state index contributed by atoms with van der Waals surface area (Å²) in [6.07, 6.45) is -4.14. The van der Waals surface area contributed by atoms with Crippen LogP contribution in [0.4, 0.5) is 13.2 Å². The average Bonchev–Trinajstić information content (AvgIpc) is 2.34. The van der Waals surface area contributed by atoms with Gasteiger partial charge in [-0.25, -0.2) is 0 Å². The van der Waals surface area contributed by atoms with Gasteiger partial charge in [0.15, 0.2) is 0 Å². The van der Waals surface area contributed by atoms with E-state index in [1.54, 1.807) is 0 Å². The van der Waals surface area contributed by atoms with Gasteiger partial charge in [-0.15, -0.1) is 0 Å². The average molecular weight is 288 g/mol. The van der Waals surface area contributed by atoms with Gasteiger partial charge in [0, 0.05) is 13.1 Å². The molecule has 5 heteroatoms. The fourth-order valence-electron chi connectivity index (χ4n) is 2.10. The highest BCUT2D eigenvalue weighted by Crippen LogP contribution is 2.18. The highest BCUT2D eigenvalue weighted by Gasteiger charge is 2.28. The lowest BCUT2D eigenvalue weighted by Gasteiger charge is -2.19. The minimum absolute atomic E-state index is 0.307. The van der Waals surface area contributed by atoms with Crippen molar-refractivity contribution in [3.05, 3.63) is 35.4 Å². The van der Waals surface area contributed by atoms with Crippen LogP contribution in [0.3, 0.4) is 0 Å². The lowest BCUT2D eigenvalue weighted by atomic mass is 9.99. The van der Waals surface area contributed by atoms with Crippen LogP contribution in [0.25, 0.3) is 0 Å². The highest BCUT2D eigenvalue weighted by atomic mass is 19.4. The van der Waals surface area contributed by atoms with E-state index in [1.165, 1.54) is 17.5 Å². The zero-order valence-electron chi connectivity index (χ0n) is 12.3. The molecule has 1 aromatic carbocycles. The van der Waals surface area contributed by atoms with E-state index < -0.39 is 12.7 Å². The molecule has 114 valence electrons. The molecule has 1 atom stereocenters. The number of nitrogens with zero attached hydrogens (tertiary/aromatic N) is 1. The molecule has 1 unspecified atom stereocenters. The Morgan fingerprint density at radius 3 is 2.30 bits per heavy atom. The molecule has 1 rings (SSSR count). The quantitative estimate of drug-likeness (QED) is 0.827. The fourth-order valence-corrected chi connectivity index (χ4v) is 2.10. The summed E-state index contributed by atoms with van der Waals surface area (Å²) in [5.41, 5.74) is 2.10. The van der Waals surface area contributed by atoms with Gasteiger partial charge in [-0.1, -0.05) is 38.1 Å². The third kappa shape index (κ3) is 6.39. The van der Waals surface area contributed by atoms with Crippen LogP contribution in [0, 0.1) is 0 Å². The van der Waals surface area contributed by atoms with Crippen molar-refractivity contribution in [2.45, 2.75) is 32.5 Å². The standard InChI is InChI=1S/C15H23F3N2/c1-4-19-9-12(2)14-7-5-13(6-8-14)10-20(3)11-15(16,17)18/h5-8,12,19H,4,9-11H2,1-3H3. The van der Waals surface area contributed by atoms with E-state index in [0.717, 1.165) is 18.7 Å². The van der Waals surface area contributed by atoms with Crippen LogP contribution in [0.15, 0.2) is 24.3 Å². The van der Waals surface area contributed by atoms with Gasteiger partial charge in [0.25, 0.3) is 0 Å². The molecule has 0 aliphatic heterocycles. The van der Waals surface area contributed by atoms with Crippen LogP contribution in [0.2, 0.25) is 0 Å². The van der Waals surface area contributed by atoms with Crippen LogP contribution in [0.5, 0.6) is 0 Å². The summed E-state index contributed by atoms with van der Waals surface area (Å²) in [6.45, 7) is 5.46. The Bertz CT molecular complexity index is 387. The van der Waals surface area contributed by atoms with E-state index in [4.69, 9.17) is 0 Å². The lowest BCUT2D eigenvalue weighted by molar-refractivity contribution is -0.144. The summed E-state index contributed by atoms with van der Waals surface area (Å²) in [4.78, 5) is 1.27. The van der Waals surface area contributed by atoms with E-state index in [0.29, 0.717) is 12.5 Å². The molecule has 0 aromatic heterocycles. The van der Waals surface area contributed by atoms with Gasteiger partial charge < -0.3 is 5.32 Å². The van der Waals surface area contributed by atoms with Crippen LogP contribution in [-0.4, -0.2) is 37.8 Å². The molecule has 0 spiro atoms. The van der Waals surface area contributed by atoms with Gasteiger partial charge >= 0.3 is 6.18 Å². The van der Waals surface area contributed by atoms with Crippen molar-refractivity contribution in [2.75, 3.05) is 26.7 Å². The molecule has 0 aliphatic rings. The van der Waals surface area contributed by atoms with Crippen LogP contribution in [0.1, 0.15) is 30.9 Å². The van der Waals surface area contributed by atoms with Crippen molar-refractivity contribution in [1.29, 1.82) is 0 Å². The molecule has 2 nitrogen and oxygen atoms in total. The smallest absolute Gasteiger partial charge is 0.316 e. The van der Waals surface area contributed by atoms with Gasteiger partial charge in [-0.2, -0.15) is 13.2 Å². The number of hydrogen-bond acceptors (Lipinski definition) is 2. The largest absolute Gasteiger partial charge is 0.401 e. The Hall–Kier alpha value is -1.07. The fraction of sp³-hybridized carbons (Fsp3) is 0.600. The van der Waals surface area contributed by atoms with Crippen LogP contribution in [-0.2, 0) is 6.54 Å². The van der Waals surface area contributed by atoms with Crippen molar-refractivity contribution in [1.82, 2.24) is 10.2 Å². The number of hydrogen-bond donors (Lipinski definition) is 1. The van der Waals surface area contributed by atoms with Crippen molar-refractivity contribution in [3.8, 4) is 0 Å². The van der Waals surface area contributed by atoms with E-state index in [1.807, 2.05) is 24.3 Å². The summed E-state index contributed by atoms with van der Waals surface area (Å²) >= 11 is 0. The number of benzene rings is 1. The number of likely N-dealkylation sites (N-methyl/N-ethyl adjacent to an activating group) is 1. The molecule has 0 fully saturated rings. The van der Waals surface area contributed by atoms with Crippen LogP contribution < -0.4 is 5.32 Å². The highest BCUT2D eigenvalue weighted by molar-refractivity contribution is 5.25. The topological polar surface area (TPSA) is 15.3 Å². The molecule has 0 amide bonds. The zero-order valence-corrected chi connectivity index (χ0v) is 12.3. The second kappa shape index (κ2) is 7.64. The van der Waals surface area contributed by atoms with Crippen molar-refractivity contribution in [2.24, 2.45) is 0 Å². The van der Waals surface area contributed by atoms with E-state index in [9.17, 15) is 13.2 Å². The normalized spacial score (nSPS) is 13.8. The summed E-state index contributed by atoms with van der Waals surface area (Å²) < 4.78 is 36.7. The molecule has 0 heterocycles. The van der Waals surface area contributed by atoms with Gasteiger partial charge in [-0.3, -0.25) is 4.90 Å². The Morgan fingerprint density at radius 1 is 1.20 bits per heavy atom. The number of alkyl halides is 3. The molecular weight excluding hydrogens is 265 g/mol. The lowest BCUT2D eigenvalue weighted by Crippen LogP contribution is -2.30. The summed E-state index contributed by atoms with van der Waals surface area (Å²) in [5.74, 6) is 0.400. The first-order chi connectivity index (χ1) is 9.31. The SMILES string of the molecule is CCNCC(C)c1ccc(CN(C)CC(F)(F)F)cc1. The third-order valence-electron chi connectivity index (χ3n) is 3.15. The maximum atomic E-state index is 12.2. The van der Waals surface area contributed by atoms with E-state index in [2.05, 4.69) is 19.2 Å².